The third kappa shape index (κ3) is 0.839. The van der Waals surface area contributed by atoms with E-state index < -0.39 is 0 Å². The Labute approximate surface area is 69.1 Å². The molecule has 2 rings (SSSR count). The molecule has 0 aromatic carbocycles. The molecule has 0 unspecified atom stereocenters. The van der Waals surface area contributed by atoms with Crippen LogP contribution in [0.1, 0.15) is 5.69 Å². The van der Waals surface area contributed by atoms with E-state index in [-0.39, 0.29) is 0 Å². The summed E-state index contributed by atoms with van der Waals surface area (Å²) in [5.74, 6) is 0. The second-order valence-corrected chi connectivity index (χ2v) is 2.53. The van der Waals surface area contributed by atoms with Gasteiger partial charge in [0.2, 0.25) is 0 Å². The molecule has 0 N–H and O–H groups in total. The summed E-state index contributed by atoms with van der Waals surface area (Å²) >= 11 is 0. The van der Waals surface area contributed by atoms with Crippen molar-refractivity contribution < 1.29 is 0 Å². The summed E-state index contributed by atoms with van der Waals surface area (Å²) in [6.45, 7) is 0. The highest BCUT2D eigenvalue weighted by molar-refractivity contribution is 5.74. The minimum Gasteiger partial charge on any atom is -0.334 e. The lowest BCUT2D eigenvalue weighted by Gasteiger charge is -1.92. The zero-order valence-corrected chi connectivity index (χ0v) is 6.52. The number of aryl methyl sites for hydroxylation is 1. The highest BCUT2D eigenvalue weighted by Crippen LogP contribution is 2.10. The highest BCUT2D eigenvalue weighted by Gasteiger charge is 2.00. The van der Waals surface area contributed by atoms with Gasteiger partial charge in [-0.05, 0) is 0 Å². The van der Waals surface area contributed by atoms with Crippen molar-refractivity contribution in [2.75, 3.05) is 0 Å². The van der Waals surface area contributed by atoms with Gasteiger partial charge >= 0.3 is 0 Å². The van der Waals surface area contributed by atoms with Crippen LogP contribution in [0.3, 0.4) is 0 Å². The number of pyridine rings is 1. The van der Waals surface area contributed by atoms with Gasteiger partial charge in [0.15, 0.2) is 0 Å². The standard InChI is InChI=1S/C8H6N4/c1-12-5-11-7-4-10-6(3-9)2-8(7)12/h2,4-5H,1H3. The van der Waals surface area contributed by atoms with Gasteiger partial charge in [0.1, 0.15) is 17.3 Å². The van der Waals surface area contributed by atoms with Crippen molar-refractivity contribution in [1.29, 1.82) is 5.26 Å². The molecule has 0 spiro atoms. The summed E-state index contributed by atoms with van der Waals surface area (Å²) in [7, 11) is 1.89. The monoisotopic (exact) mass is 158 g/mol. The summed E-state index contributed by atoms with van der Waals surface area (Å²) in [4.78, 5) is 7.99. The van der Waals surface area contributed by atoms with Crippen molar-refractivity contribution in [3.8, 4) is 6.07 Å². The normalized spacial score (nSPS) is 10.0. The lowest BCUT2D eigenvalue weighted by Crippen LogP contribution is -1.86. The van der Waals surface area contributed by atoms with E-state index in [9.17, 15) is 0 Å². The molecule has 2 heterocycles. The summed E-state index contributed by atoms with van der Waals surface area (Å²) in [6, 6.07) is 3.71. The smallest absolute Gasteiger partial charge is 0.142 e. The van der Waals surface area contributed by atoms with Gasteiger partial charge in [0.05, 0.1) is 18.0 Å². The minimum absolute atomic E-state index is 0.422. The van der Waals surface area contributed by atoms with Gasteiger partial charge in [-0.2, -0.15) is 5.26 Å². The summed E-state index contributed by atoms with van der Waals surface area (Å²) in [5, 5.41) is 8.58. The molecule has 0 saturated heterocycles. The predicted molar refractivity (Wildman–Crippen MR) is 43.2 cm³/mol. The molecule has 2 aromatic rings. The Hall–Kier alpha value is -1.89. The molecule has 0 aliphatic heterocycles. The number of aromatic nitrogens is 3. The van der Waals surface area contributed by atoms with Crippen LogP contribution in [0.25, 0.3) is 11.0 Å². The van der Waals surface area contributed by atoms with E-state index in [0.29, 0.717) is 5.69 Å². The Balaban J connectivity index is 2.82. The van der Waals surface area contributed by atoms with Crippen LogP contribution in [-0.4, -0.2) is 14.5 Å². The molecule has 12 heavy (non-hydrogen) atoms. The number of nitriles is 1. The van der Waals surface area contributed by atoms with Gasteiger partial charge in [-0.25, -0.2) is 9.97 Å². The first-order valence-corrected chi connectivity index (χ1v) is 3.48. The third-order valence-electron chi connectivity index (χ3n) is 1.73. The van der Waals surface area contributed by atoms with Crippen molar-refractivity contribution in [3.63, 3.8) is 0 Å². The maximum atomic E-state index is 8.58. The van der Waals surface area contributed by atoms with Gasteiger partial charge in [0, 0.05) is 13.1 Å². The van der Waals surface area contributed by atoms with Crippen LogP contribution in [0.4, 0.5) is 0 Å². The van der Waals surface area contributed by atoms with E-state index in [4.69, 9.17) is 5.26 Å². The molecule has 0 aliphatic rings. The molecule has 2 aromatic heterocycles. The first kappa shape index (κ1) is 6.80. The van der Waals surface area contributed by atoms with Crippen molar-refractivity contribution >= 4 is 11.0 Å². The number of rotatable bonds is 0. The number of nitrogens with zero attached hydrogens (tertiary/aromatic N) is 4. The highest BCUT2D eigenvalue weighted by atomic mass is 15.0. The van der Waals surface area contributed by atoms with E-state index in [1.54, 1.807) is 18.6 Å². The van der Waals surface area contributed by atoms with Gasteiger partial charge in [-0.3, -0.25) is 0 Å². The second kappa shape index (κ2) is 2.31. The Bertz CT molecular complexity index is 463. The lowest BCUT2D eigenvalue weighted by molar-refractivity contribution is 0.947. The van der Waals surface area contributed by atoms with Crippen molar-refractivity contribution in [1.82, 2.24) is 14.5 Å². The molecule has 0 saturated carbocycles. The molecule has 0 radical (unpaired) electrons. The van der Waals surface area contributed by atoms with E-state index >= 15 is 0 Å². The average Bonchev–Trinajstić information content (AvgIpc) is 2.47. The molecular weight excluding hydrogens is 152 g/mol. The van der Waals surface area contributed by atoms with E-state index in [1.165, 1.54) is 0 Å². The topological polar surface area (TPSA) is 54.5 Å². The lowest BCUT2D eigenvalue weighted by atomic mass is 10.3. The Morgan fingerprint density at radius 3 is 3.08 bits per heavy atom. The molecule has 0 bridgehead atoms. The van der Waals surface area contributed by atoms with Crippen LogP contribution in [0.2, 0.25) is 0 Å². The maximum absolute atomic E-state index is 8.58. The molecule has 4 nitrogen and oxygen atoms in total. The predicted octanol–water partition coefficient (Wildman–Crippen LogP) is 0.840. The van der Waals surface area contributed by atoms with Crippen LogP contribution in [0.15, 0.2) is 18.6 Å². The average molecular weight is 158 g/mol. The quantitative estimate of drug-likeness (QED) is 0.570. The first-order chi connectivity index (χ1) is 5.81. The van der Waals surface area contributed by atoms with Gasteiger partial charge in [0.25, 0.3) is 0 Å². The van der Waals surface area contributed by atoms with Crippen LogP contribution in [0.5, 0.6) is 0 Å². The summed E-state index contributed by atoms with van der Waals surface area (Å²) in [5.41, 5.74) is 2.17. The van der Waals surface area contributed by atoms with E-state index in [0.717, 1.165) is 11.0 Å². The van der Waals surface area contributed by atoms with Crippen molar-refractivity contribution in [2.24, 2.45) is 7.05 Å². The summed E-state index contributed by atoms with van der Waals surface area (Å²) < 4.78 is 1.86. The fourth-order valence-corrected chi connectivity index (χ4v) is 1.09. The zero-order valence-electron chi connectivity index (χ0n) is 6.52. The Kier molecular flexibility index (Phi) is 1.31. The van der Waals surface area contributed by atoms with Crippen molar-refractivity contribution in [3.05, 3.63) is 24.3 Å². The summed E-state index contributed by atoms with van der Waals surface area (Å²) in [6.07, 6.45) is 3.31. The van der Waals surface area contributed by atoms with Crippen LogP contribution >= 0.6 is 0 Å². The third-order valence-corrected chi connectivity index (χ3v) is 1.73. The Morgan fingerprint density at radius 2 is 2.33 bits per heavy atom. The number of hydrogen-bond acceptors (Lipinski definition) is 3. The maximum Gasteiger partial charge on any atom is 0.142 e. The van der Waals surface area contributed by atoms with Gasteiger partial charge in [-0.15, -0.1) is 0 Å². The van der Waals surface area contributed by atoms with E-state index in [1.807, 2.05) is 17.7 Å². The minimum atomic E-state index is 0.422. The number of fused-ring (bicyclic) bond motifs is 1. The fourth-order valence-electron chi connectivity index (χ4n) is 1.09. The molecule has 0 atom stereocenters. The van der Waals surface area contributed by atoms with Gasteiger partial charge in [-0.1, -0.05) is 0 Å². The van der Waals surface area contributed by atoms with Crippen LogP contribution in [0, 0.1) is 11.3 Å². The Morgan fingerprint density at radius 1 is 1.50 bits per heavy atom. The number of imidazole rings is 1. The SMILES string of the molecule is Cn1cnc2cnc(C#N)cc21. The van der Waals surface area contributed by atoms with Crippen LogP contribution < -0.4 is 0 Å². The van der Waals surface area contributed by atoms with E-state index in [2.05, 4.69) is 9.97 Å². The first-order valence-electron chi connectivity index (χ1n) is 3.48. The molecule has 58 valence electrons. The molecular formula is C8H6N4. The van der Waals surface area contributed by atoms with Crippen LogP contribution in [-0.2, 0) is 7.05 Å². The molecule has 4 heteroatoms. The van der Waals surface area contributed by atoms with Gasteiger partial charge < -0.3 is 4.57 Å². The molecule has 0 fully saturated rings. The largest absolute Gasteiger partial charge is 0.334 e. The fraction of sp³-hybridized carbons (Fsp3) is 0.125. The zero-order chi connectivity index (χ0) is 8.55. The second-order valence-electron chi connectivity index (χ2n) is 2.53. The molecule has 0 amide bonds. The molecule has 0 aliphatic carbocycles. The van der Waals surface area contributed by atoms with Crippen molar-refractivity contribution in [2.45, 2.75) is 0 Å². The number of hydrogen-bond donors (Lipinski definition) is 0.